The van der Waals surface area contributed by atoms with E-state index in [4.69, 9.17) is 37.3 Å². The summed E-state index contributed by atoms with van der Waals surface area (Å²) in [6.07, 6.45) is 2.43. The van der Waals surface area contributed by atoms with E-state index in [2.05, 4.69) is 41.1 Å². The second kappa shape index (κ2) is 26.8. The van der Waals surface area contributed by atoms with Gasteiger partial charge in [-0.25, -0.2) is 15.0 Å². The number of aliphatic hydroxyl groups excluding tert-OH is 1. The number of nitrogen functional groups attached to an aromatic ring is 1. The number of benzene rings is 2. The Morgan fingerprint density at radius 2 is 1.62 bits per heavy atom. The summed E-state index contributed by atoms with van der Waals surface area (Å²) in [4.78, 5) is 84.4. The zero-order valence-electron chi connectivity index (χ0n) is 42.9. The topological polar surface area (TPSA) is 279 Å². The predicted octanol–water partition coefficient (Wildman–Crippen LogP) is 4.87. The van der Waals surface area contributed by atoms with Crippen LogP contribution in [0.2, 0.25) is 5.02 Å². The van der Waals surface area contributed by atoms with E-state index in [-0.39, 0.29) is 101 Å². The Bertz CT molecular complexity index is 2550. The molecule has 2 aliphatic heterocycles. The highest BCUT2D eigenvalue weighted by molar-refractivity contribution is 7.99. The van der Waals surface area contributed by atoms with Crippen molar-refractivity contribution in [2.45, 2.75) is 113 Å². The molecule has 2 aromatic carbocycles. The molecule has 0 radical (unpaired) electrons. The minimum atomic E-state index is -1.00. The van der Waals surface area contributed by atoms with Crippen LogP contribution < -0.4 is 37.6 Å². The SMILES string of the molecule is Cc1ncsc1-c1ccc([C@@H](C)NC(=O)[C@H]2C[C@H](O)CN2C(=O)[C@H](NC(=O)COCCOCCOCCNC(=O)CCC(=O)Nc2cccc(Sc3ncc(N4CCC(C)(N)CC4)nc3N)c2Cl)C(C)(C)C)cc1. The number of ether oxygens (including phenoxy) is 3. The normalized spacial score (nSPS) is 17.4. The van der Waals surface area contributed by atoms with Crippen molar-refractivity contribution in [3.63, 3.8) is 0 Å². The standard InChI is InChI=1S/C51H70ClN11O9S2/c1-31(33-10-12-34(13-11-33)44-32(2)57-30-73-44)58-47(68)37-26-35(64)28-63(37)49(69)45(50(3,4)5)61-42(67)29-72-25-24-71-23-22-70-21-18-55-40(65)14-15-41(66)59-36-8-7-9-38(43(36)52)74-48-46(53)60-39(27-56-48)62-19-16-51(6,54)17-20-62/h7-13,27,30-31,35,37,45,64H,14-26,28-29,54H2,1-6H3,(H2,53,60)(H,55,65)(H,58,68)(H,59,66)(H,61,67)/t31-,35+,37-,45+/m1/s1. The maximum Gasteiger partial charge on any atom is 0.246 e. The highest BCUT2D eigenvalue weighted by atomic mass is 35.5. The molecule has 0 saturated carbocycles. The van der Waals surface area contributed by atoms with E-state index in [1.807, 2.05) is 65.8 Å². The molecule has 6 rings (SSSR count). The fourth-order valence-corrected chi connectivity index (χ4v) is 10.2. The number of thiazole rings is 1. The molecule has 402 valence electrons. The number of carbonyl (C=O) groups is 5. The van der Waals surface area contributed by atoms with Gasteiger partial charge in [-0.3, -0.25) is 24.0 Å². The highest BCUT2D eigenvalue weighted by Crippen LogP contribution is 2.39. The van der Waals surface area contributed by atoms with Crippen LogP contribution in [0.4, 0.5) is 17.3 Å². The molecule has 23 heteroatoms. The van der Waals surface area contributed by atoms with Gasteiger partial charge in [0.2, 0.25) is 29.5 Å². The molecule has 4 aromatic rings. The molecule has 2 fully saturated rings. The van der Waals surface area contributed by atoms with Crippen molar-refractivity contribution in [3.05, 3.63) is 70.5 Å². The van der Waals surface area contributed by atoms with Crippen molar-refractivity contribution in [1.82, 2.24) is 35.8 Å². The van der Waals surface area contributed by atoms with Gasteiger partial charge in [-0.05, 0) is 62.3 Å². The lowest BCUT2D eigenvalue weighted by Gasteiger charge is -2.37. The molecule has 4 heterocycles. The van der Waals surface area contributed by atoms with E-state index in [0.29, 0.717) is 26.4 Å². The van der Waals surface area contributed by atoms with Crippen LogP contribution in [0.1, 0.15) is 84.0 Å². The average Bonchev–Trinajstić information content (AvgIpc) is 3.98. The van der Waals surface area contributed by atoms with Crippen LogP contribution in [0, 0.1) is 12.3 Å². The number of nitrogens with two attached hydrogens (primary N) is 2. The van der Waals surface area contributed by atoms with Crippen molar-refractivity contribution < 1.29 is 43.3 Å². The van der Waals surface area contributed by atoms with Gasteiger partial charge in [0, 0.05) is 55.9 Å². The van der Waals surface area contributed by atoms with Gasteiger partial charge < -0.3 is 61.9 Å². The van der Waals surface area contributed by atoms with Crippen LogP contribution in [0.5, 0.6) is 0 Å². The number of nitrogens with zero attached hydrogens (tertiary/aromatic N) is 5. The van der Waals surface area contributed by atoms with Crippen molar-refractivity contribution in [3.8, 4) is 10.4 Å². The third kappa shape index (κ3) is 16.8. The zero-order chi connectivity index (χ0) is 53.6. The van der Waals surface area contributed by atoms with E-state index < -0.39 is 41.3 Å². The minimum Gasteiger partial charge on any atom is -0.391 e. The fourth-order valence-electron chi connectivity index (χ4n) is 8.26. The average molecular weight is 1080 g/mol. The van der Waals surface area contributed by atoms with Crippen LogP contribution >= 0.6 is 34.7 Å². The molecule has 0 aliphatic carbocycles. The van der Waals surface area contributed by atoms with E-state index in [9.17, 15) is 29.1 Å². The van der Waals surface area contributed by atoms with Crippen molar-refractivity contribution in [2.75, 3.05) is 81.8 Å². The fraction of sp³-hybridized carbons (Fsp3) is 0.529. The number of aryl methyl sites for hydroxylation is 1. The summed E-state index contributed by atoms with van der Waals surface area (Å²) in [5.41, 5.74) is 16.7. The monoisotopic (exact) mass is 1080 g/mol. The number of hydrogen-bond acceptors (Lipinski definition) is 17. The molecular formula is C51H70ClN11O9S2. The quantitative estimate of drug-likeness (QED) is 0.0461. The molecule has 2 saturated heterocycles. The Morgan fingerprint density at radius 3 is 2.28 bits per heavy atom. The van der Waals surface area contributed by atoms with Gasteiger partial charge in [-0.15, -0.1) is 11.3 Å². The molecular weight excluding hydrogens is 1010 g/mol. The van der Waals surface area contributed by atoms with Gasteiger partial charge in [-0.2, -0.15) is 0 Å². The number of piperidine rings is 1. The summed E-state index contributed by atoms with van der Waals surface area (Å²) in [5.74, 6) is -1.13. The predicted molar refractivity (Wildman–Crippen MR) is 286 cm³/mol. The number of halogens is 1. The smallest absolute Gasteiger partial charge is 0.246 e. The molecule has 5 amide bonds. The Balaban J connectivity index is 0.814. The molecule has 74 heavy (non-hydrogen) atoms. The molecule has 4 atom stereocenters. The first-order valence-corrected chi connectivity index (χ1v) is 26.8. The highest BCUT2D eigenvalue weighted by Gasteiger charge is 2.45. The number of hydrogen-bond donors (Lipinski definition) is 7. The number of nitrogens with one attached hydrogen (secondary N) is 4. The number of likely N-dealkylation sites (tertiary alicyclic amines) is 1. The lowest BCUT2D eigenvalue weighted by Crippen LogP contribution is -2.58. The number of β-amino-alcohol motifs (C(OH)–C–C–N with tert-alkyl or cyclic N) is 1. The number of carbonyl (C=O) groups excluding carboxylic acids is 5. The lowest BCUT2D eigenvalue weighted by molar-refractivity contribution is -0.144. The molecule has 20 nitrogen and oxygen atoms in total. The summed E-state index contributed by atoms with van der Waals surface area (Å²) in [6, 6.07) is 10.8. The van der Waals surface area contributed by atoms with Gasteiger partial charge in [0.25, 0.3) is 0 Å². The summed E-state index contributed by atoms with van der Waals surface area (Å²) < 4.78 is 16.6. The molecule has 2 aromatic heterocycles. The van der Waals surface area contributed by atoms with Crippen LogP contribution in [0.3, 0.4) is 0 Å². The second-order valence-corrected chi connectivity index (χ2v) is 22.1. The Kier molecular flexibility index (Phi) is 21.0. The van der Waals surface area contributed by atoms with Crippen LogP contribution in [-0.2, 0) is 38.2 Å². The van der Waals surface area contributed by atoms with E-state index in [1.54, 1.807) is 41.2 Å². The molecule has 0 unspecified atom stereocenters. The molecule has 0 bridgehead atoms. The number of aromatic nitrogens is 3. The van der Waals surface area contributed by atoms with Gasteiger partial charge in [-0.1, -0.05) is 74.5 Å². The summed E-state index contributed by atoms with van der Waals surface area (Å²) in [5, 5.41) is 22.7. The maximum atomic E-state index is 14.0. The molecule has 2 aliphatic rings. The first-order chi connectivity index (χ1) is 35.2. The van der Waals surface area contributed by atoms with Crippen LogP contribution in [-0.4, -0.2) is 144 Å². The van der Waals surface area contributed by atoms with Crippen LogP contribution in [0.15, 0.2) is 64.1 Å². The van der Waals surface area contributed by atoms with Gasteiger partial charge >= 0.3 is 0 Å². The zero-order valence-corrected chi connectivity index (χ0v) is 45.3. The third-order valence-electron chi connectivity index (χ3n) is 12.6. The maximum absolute atomic E-state index is 14.0. The Labute approximate surface area is 445 Å². The second-order valence-electron chi connectivity index (χ2n) is 19.8. The summed E-state index contributed by atoms with van der Waals surface area (Å²) in [6.45, 7) is 13.7. The van der Waals surface area contributed by atoms with Gasteiger partial charge in [0.1, 0.15) is 29.5 Å². The van der Waals surface area contributed by atoms with Crippen LogP contribution in [0.25, 0.3) is 10.4 Å². The largest absolute Gasteiger partial charge is 0.391 e. The van der Waals surface area contributed by atoms with E-state index in [0.717, 1.165) is 47.6 Å². The van der Waals surface area contributed by atoms with E-state index >= 15 is 0 Å². The lowest BCUT2D eigenvalue weighted by atomic mass is 9.85. The summed E-state index contributed by atoms with van der Waals surface area (Å²) >= 11 is 9.47. The van der Waals surface area contributed by atoms with E-state index in [1.165, 1.54) is 16.7 Å². The minimum absolute atomic E-state index is 0.0421. The summed E-state index contributed by atoms with van der Waals surface area (Å²) in [7, 11) is 0. The van der Waals surface area contributed by atoms with Gasteiger partial charge in [0.05, 0.1) is 78.2 Å². The number of rotatable bonds is 24. The molecule has 9 N–H and O–H groups in total. The van der Waals surface area contributed by atoms with Crippen molar-refractivity contribution >= 4 is 81.6 Å². The Hall–Kier alpha value is -5.46. The van der Waals surface area contributed by atoms with Gasteiger partial charge in [0.15, 0.2) is 5.82 Å². The van der Waals surface area contributed by atoms with Crippen molar-refractivity contribution in [1.29, 1.82) is 0 Å². The third-order valence-corrected chi connectivity index (χ3v) is 15.2. The number of amides is 5. The number of anilines is 3. The molecule has 0 spiro atoms. The Morgan fingerprint density at radius 1 is 0.946 bits per heavy atom. The number of aliphatic hydroxyl groups is 1. The van der Waals surface area contributed by atoms with Crippen molar-refractivity contribution in [2.24, 2.45) is 11.1 Å². The first kappa shape index (κ1) is 57.8. The first-order valence-electron chi connectivity index (χ1n) is 24.7.